The van der Waals surface area contributed by atoms with Crippen molar-refractivity contribution in [1.29, 1.82) is 0 Å². The van der Waals surface area contributed by atoms with E-state index in [1.54, 1.807) is 28.6 Å². The van der Waals surface area contributed by atoms with Crippen molar-refractivity contribution in [1.82, 2.24) is 4.31 Å². The number of phenolic OH excluding ortho intramolecular Hbond substituents is 1. The summed E-state index contributed by atoms with van der Waals surface area (Å²) in [5.41, 5.74) is 3.59. The molecule has 0 spiro atoms. The Morgan fingerprint density at radius 1 is 1.04 bits per heavy atom. The summed E-state index contributed by atoms with van der Waals surface area (Å²) in [6.45, 7) is 3.14. The number of piperazine rings is 1. The van der Waals surface area contributed by atoms with Crippen LogP contribution in [0.3, 0.4) is 0 Å². The van der Waals surface area contributed by atoms with Crippen molar-refractivity contribution in [3.63, 3.8) is 0 Å². The Kier molecular flexibility index (Phi) is 5.16. The quantitative estimate of drug-likeness (QED) is 0.809. The van der Waals surface area contributed by atoms with Crippen LogP contribution in [-0.4, -0.2) is 44.0 Å². The molecular weight excluding hydrogens is 384 g/mol. The second kappa shape index (κ2) is 7.43. The summed E-state index contributed by atoms with van der Waals surface area (Å²) in [7, 11) is -3.48. The van der Waals surface area contributed by atoms with Crippen LogP contribution in [-0.2, 0) is 29.4 Å². The average Bonchev–Trinajstić information content (AvgIpc) is 3.10. The molecule has 0 saturated carbocycles. The molecule has 4 rings (SSSR count). The summed E-state index contributed by atoms with van der Waals surface area (Å²) < 4.78 is 27.1. The zero-order chi connectivity index (χ0) is 19.0. The van der Waals surface area contributed by atoms with Crippen LogP contribution in [0.2, 0.25) is 5.02 Å². The van der Waals surface area contributed by atoms with Gasteiger partial charge in [-0.1, -0.05) is 11.6 Å². The van der Waals surface area contributed by atoms with Gasteiger partial charge < -0.3 is 10.0 Å². The highest BCUT2D eigenvalue weighted by Gasteiger charge is 2.30. The first-order valence-electron chi connectivity index (χ1n) is 9.36. The van der Waals surface area contributed by atoms with Crippen molar-refractivity contribution in [3.8, 4) is 5.75 Å². The van der Waals surface area contributed by atoms with E-state index < -0.39 is 10.0 Å². The molecule has 27 heavy (non-hydrogen) atoms. The number of hydrogen-bond acceptors (Lipinski definition) is 3. The lowest BCUT2D eigenvalue weighted by Crippen LogP contribution is -3.13. The highest BCUT2D eigenvalue weighted by Crippen LogP contribution is 2.28. The Morgan fingerprint density at radius 2 is 1.67 bits per heavy atom. The predicted molar refractivity (Wildman–Crippen MR) is 105 cm³/mol. The fourth-order valence-electron chi connectivity index (χ4n) is 4.05. The predicted octanol–water partition coefficient (Wildman–Crippen LogP) is 1.62. The minimum absolute atomic E-state index is 0.284. The first-order chi connectivity index (χ1) is 12.9. The number of nitrogens with one attached hydrogen (secondary N) is 1. The van der Waals surface area contributed by atoms with Crippen LogP contribution in [0.1, 0.15) is 23.1 Å². The molecule has 2 aliphatic rings. The molecule has 1 aliphatic heterocycles. The van der Waals surface area contributed by atoms with Crippen LogP contribution in [0.4, 0.5) is 0 Å². The van der Waals surface area contributed by atoms with Gasteiger partial charge in [-0.05, 0) is 66.8 Å². The fourth-order valence-corrected chi connectivity index (χ4v) is 5.62. The number of hydrogen-bond donors (Lipinski definition) is 2. The van der Waals surface area contributed by atoms with Crippen molar-refractivity contribution in [2.24, 2.45) is 0 Å². The maximum Gasteiger partial charge on any atom is 0.243 e. The van der Waals surface area contributed by atoms with Gasteiger partial charge in [-0.2, -0.15) is 4.31 Å². The van der Waals surface area contributed by atoms with E-state index in [0.717, 1.165) is 44.5 Å². The molecule has 2 aromatic carbocycles. The third kappa shape index (κ3) is 3.85. The number of benzene rings is 2. The SMILES string of the molecule is O=S(=O)(c1ccc(Cl)cc1)N1CC[NH+](Cc2cc3c(cc2O)CCC3)CC1. The van der Waals surface area contributed by atoms with E-state index >= 15 is 0 Å². The molecule has 0 unspecified atom stereocenters. The number of rotatable bonds is 4. The van der Waals surface area contributed by atoms with E-state index in [1.165, 1.54) is 16.0 Å². The molecule has 0 atom stereocenters. The van der Waals surface area contributed by atoms with Gasteiger partial charge in [-0.15, -0.1) is 0 Å². The van der Waals surface area contributed by atoms with Gasteiger partial charge in [0.05, 0.1) is 31.1 Å². The molecule has 144 valence electrons. The normalized spacial score (nSPS) is 18.6. The van der Waals surface area contributed by atoms with Gasteiger partial charge in [0, 0.05) is 10.6 Å². The Labute approximate surface area is 165 Å². The van der Waals surface area contributed by atoms with Gasteiger partial charge in [-0.25, -0.2) is 8.42 Å². The number of phenols is 1. The zero-order valence-electron chi connectivity index (χ0n) is 15.1. The molecule has 7 heteroatoms. The lowest BCUT2D eigenvalue weighted by Gasteiger charge is -2.31. The number of aromatic hydroxyl groups is 1. The topological polar surface area (TPSA) is 62.0 Å². The van der Waals surface area contributed by atoms with Crippen LogP contribution in [0.15, 0.2) is 41.3 Å². The van der Waals surface area contributed by atoms with Crippen LogP contribution >= 0.6 is 11.6 Å². The van der Waals surface area contributed by atoms with Crippen molar-refractivity contribution in [3.05, 3.63) is 58.1 Å². The van der Waals surface area contributed by atoms with Crippen molar-refractivity contribution in [2.75, 3.05) is 26.2 Å². The average molecular weight is 408 g/mol. The molecular formula is C20H24ClN2O3S+. The van der Waals surface area contributed by atoms with Crippen molar-refractivity contribution in [2.45, 2.75) is 30.7 Å². The van der Waals surface area contributed by atoms with E-state index in [1.807, 2.05) is 6.07 Å². The Balaban J connectivity index is 1.41. The summed E-state index contributed by atoms with van der Waals surface area (Å²) in [4.78, 5) is 1.58. The van der Waals surface area contributed by atoms with E-state index in [4.69, 9.17) is 11.6 Å². The molecule has 2 N–H and O–H groups in total. The van der Waals surface area contributed by atoms with Gasteiger partial charge in [-0.3, -0.25) is 0 Å². The summed E-state index contributed by atoms with van der Waals surface area (Å²) in [6.07, 6.45) is 3.30. The summed E-state index contributed by atoms with van der Waals surface area (Å²) in [5, 5.41) is 10.9. The number of sulfonamides is 1. The Bertz CT molecular complexity index is 936. The fraction of sp³-hybridized carbons (Fsp3) is 0.400. The second-order valence-corrected chi connectivity index (χ2v) is 9.76. The summed E-state index contributed by atoms with van der Waals surface area (Å²) in [6, 6.07) is 10.4. The van der Waals surface area contributed by atoms with Crippen LogP contribution in [0.25, 0.3) is 0 Å². The molecule has 1 fully saturated rings. The van der Waals surface area contributed by atoms with Crippen molar-refractivity contribution >= 4 is 21.6 Å². The molecule has 0 aromatic heterocycles. The molecule has 1 heterocycles. The maximum absolute atomic E-state index is 12.8. The smallest absolute Gasteiger partial charge is 0.243 e. The van der Waals surface area contributed by atoms with Gasteiger partial charge in [0.25, 0.3) is 0 Å². The van der Waals surface area contributed by atoms with E-state index in [9.17, 15) is 13.5 Å². The molecule has 5 nitrogen and oxygen atoms in total. The molecule has 1 saturated heterocycles. The molecule has 1 aliphatic carbocycles. The third-order valence-electron chi connectivity index (χ3n) is 5.61. The number of nitrogens with zero attached hydrogens (tertiary/aromatic N) is 1. The first-order valence-corrected chi connectivity index (χ1v) is 11.2. The van der Waals surface area contributed by atoms with E-state index in [-0.39, 0.29) is 4.90 Å². The Hall–Kier alpha value is -1.60. The number of halogens is 1. The largest absolute Gasteiger partial charge is 0.507 e. The monoisotopic (exact) mass is 407 g/mol. The number of aryl methyl sites for hydroxylation is 2. The number of quaternary nitrogens is 1. The lowest BCUT2D eigenvalue weighted by atomic mass is 10.0. The van der Waals surface area contributed by atoms with Crippen LogP contribution in [0, 0.1) is 0 Å². The molecule has 0 amide bonds. The third-order valence-corrected chi connectivity index (χ3v) is 7.78. The minimum atomic E-state index is -3.48. The van der Waals surface area contributed by atoms with Gasteiger partial charge in [0.15, 0.2) is 0 Å². The van der Waals surface area contributed by atoms with Gasteiger partial charge >= 0.3 is 0 Å². The van der Waals surface area contributed by atoms with Crippen molar-refractivity contribution < 1.29 is 18.4 Å². The van der Waals surface area contributed by atoms with Gasteiger partial charge in [0.2, 0.25) is 10.0 Å². The van der Waals surface area contributed by atoms with Crippen LogP contribution in [0.5, 0.6) is 5.75 Å². The highest BCUT2D eigenvalue weighted by atomic mass is 35.5. The van der Waals surface area contributed by atoms with E-state index in [2.05, 4.69) is 6.07 Å². The van der Waals surface area contributed by atoms with Gasteiger partial charge in [0.1, 0.15) is 12.3 Å². The molecule has 2 aromatic rings. The zero-order valence-corrected chi connectivity index (χ0v) is 16.7. The number of fused-ring (bicyclic) bond motifs is 1. The van der Waals surface area contributed by atoms with Crippen LogP contribution < -0.4 is 4.90 Å². The molecule has 0 bridgehead atoms. The lowest BCUT2D eigenvalue weighted by molar-refractivity contribution is -0.917. The maximum atomic E-state index is 12.8. The second-order valence-electron chi connectivity index (χ2n) is 7.39. The molecule has 0 radical (unpaired) electrons. The summed E-state index contributed by atoms with van der Waals surface area (Å²) >= 11 is 5.86. The Morgan fingerprint density at radius 3 is 2.33 bits per heavy atom. The standard InChI is InChI=1S/C20H23ClN2O3S/c21-18-4-6-19(7-5-18)27(25,26)23-10-8-22(9-11-23)14-17-12-15-2-1-3-16(15)13-20(17)24/h4-7,12-13,24H,1-3,8-11,14H2/p+1. The van der Waals surface area contributed by atoms with E-state index in [0.29, 0.717) is 23.9 Å². The summed E-state index contributed by atoms with van der Waals surface area (Å²) in [5.74, 6) is 0.374. The minimum Gasteiger partial charge on any atom is -0.507 e. The highest BCUT2D eigenvalue weighted by molar-refractivity contribution is 7.89. The first kappa shape index (κ1) is 18.7.